The molecule has 26 heavy (non-hydrogen) atoms. The number of nitriles is 1. The lowest BCUT2D eigenvalue weighted by Crippen LogP contribution is -2.50. The van der Waals surface area contributed by atoms with Gasteiger partial charge in [0.2, 0.25) is 0 Å². The molecule has 0 heterocycles. The van der Waals surface area contributed by atoms with Crippen molar-refractivity contribution in [3.05, 3.63) is 29.8 Å². The fraction of sp³-hybridized carbons (Fsp3) is 0.421. The van der Waals surface area contributed by atoms with Gasteiger partial charge in [-0.15, -0.1) is 0 Å². The first kappa shape index (κ1) is 21.0. The maximum Gasteiger partial charge on any atom is 0.331 e. The van der Waals surface area contributed by atoms with Crippen LogP contribution in [0.2, 0.25) is 0 Å². The van der Waals surface area contributed by atoms with E-state index in [1.165, 1.54) is 26.4 Å². The van der Waals surface area contributed by atoms with Gasteiger partial charge < -0.3 is 19.5 Å². The van der Waals surface area contributed by atoms with E-state index in [4.69, 9.17) is 14.2 Å². The highest BCUT2D eigenvalue weighted by molar-refractivity contribution is 5.89. The van der Waals surface area contributed by atoms with Crippen LogP contribution in [0.15, 0.2) is 24.3 Å². The van der Waals surface area contributed by atoms with Gasteiger partial charge in [0, 0.05) is 12.1 Å². The molecule has 140 valence electrons. The number of benzene rings is 1. The molecule has 0 spiro atoms. The number of methoxy groups -OCH3 is 2. The van der Waals surface area contributed by atoms with E-state index in [2.05, 4.69) is 11.4 Å². The lowest BCUT2D eigenvalue weighted by molar-refractivity contribution is -0.144. The molecule has 0 aliphatic carbocycles. The molecule has 1 aromatic carbocycles. The zero-order chi connectivity index (χ0) is 19.7. The van der Waals surface area contributed by atoms with Crippen LogP contribution < -0.4 is 14.8 Å². The van der Waals surface area contributed by atoms with Crippen LogP contribution in [0, 0.1) is 17.2 Å². The van der Waals surface area contributed by atoms with Crippen LogP contribution in [-0.2, 0) is 14.3 Å². The van der Waals surface area contributed by atoms with Crippen molar-refractivity contribution in [3.63, 3.8) is 0 Å². The second kappa shape index (κ2) is 9.47. The van der Waals surface area contributed by atoms with Crippen LogP contribution in [-0.4, -0.2) is 38.2 Å². The van der Waals surface area contributed by atoms with Gasteiger partial charge in [0.1, 0.15) is 17.0 Å². The van der Waals surface area contributed by atoms with Crippen molar-refractivity contribution in [1.82, 2.24) is 5.32 Å². The van der Waals surface area contributed by atoms with Crippen molar-refractivity contribution in [2.45, 2.75) is 26.3 Å². The molecule has 7 heteroatoms. The van der Waals surface area contributed by atoms with E-state index in [9.17, 15) is 14.9 Å². The first-order valence-electron chi connectivity index (χ1n) is 8.04. The molecule has 1 aromatic rings. The van der Waals surface area contributed by atoms with Gasteiger partial charge in [-0.05, 0) is 36.6 Å². The largest absolute Gasteiger partial charge is 0.497 e. The first-order valence-corrected chi connectivity index (χ1v) is 8.04. The van der Waals surface area contributed by atoms with Gasteiger partial charge in [0.15, 0.2) is 6.61 Å². The summed E-state index contributed by atoms with van der Waals surface area (Å²) in [6, 6.07) is 7.21. The predicted molar refractivity (Wildman–Crippen MR) is 96.5 cm³/mol. The van der Waals surface area contributed by atoms with Crippen molar-refractivity contribution in [2.24, 2.45) is 5.92 Å². The van der Waals surface area contributed by atoms with E-state index in [-0.39, 0.29) is 5.92 Å². The molecule has 0 saturated carbocycles. The molecule has 0 bridgehead atoms. The molecule has 0 aromatic heterocycles. The number of nitrogens with one attached hydrogen (secondary N) is 1. The Balaban J connectivity index is 2.63. The second-order valence-electron chi connectivity index (χ2n) is 6.10. The molecule has 0 radical (unpaired) electrons. The van der Waals surface area contributed by atoms with E-state index in [0.717, 1.165) is 0 Å². The Morgan fingerprint density at radius 1 is 1.23 bits per heavy atom. The smallest absolute Gasteiger partial charge is 0.331 e. The molecule has 1 rings (SSSR count). The highest BCUT2D eigenvalue weighted by Gasteiger charge is 2.30. The molecule has 1 atom stereocenters. The number of carbonyl (C=O) groups is 2. The van der Waals surface area contributed by atoms with Crippen LogP contribution in [0.3, 0.4) is 0 Å². The van der Waals surface area contributed by atoms with Crippen LogP contribution in [0.25, 0.3) is 6.08 Å². The van der Waals surface area contributed by atoms with Gasteiger partial charge in [0.25, 0.3) is 5.91 Å². The quantitative estimate of drug-likeness (QED) is 0.564. The van der Waals surface area contributed by atoms with E-state index in [1.807, 2.05) is 13.8 Å². The Morgan fingerprint density at radius 2 is 1.81 bits per heavy atom. The standard InChI is InChI=1S/C19H24N2O5/c1-13(2)19(3,12-20)21-17(22)11-26-18(23)7-6-14-8-15(24-4)10-16(9-14)25-5/h6-10,13H,11H2,1-5H3,(H,21,22)/b7-6+/t19-/m1/s1. The highest BCUT2D eigenvalue weighted by Crippen LogP contribution is 2.23. The van der Waals surface area contributed by atoms with Crippen molar-refractivity contribution in [2.75, 3.05) is 20.8 Å². The van der Waals surface area contributed by atoms with E-state index in [1.54, 1.807) is 25.1 Å². The number of amides is 1. The van der Waals surface area contributed by atoms with Crippen molar-refractivity contribution < 1.29 is 23.8 Å². The summed E-state index contributed by atoms with van der Waals surface area (Å²) in [4.78, 5) is 23.7. The number of carbonyl (C=O) groups excluding carboxylic acids is 2. The van der Waals surface area contributed by atoms with E-state index < -0.39 is 24.0 Å². The average Bonchev–Trinajstić information content (AvgIpc) is 2.63. The van der Waals surface area contributed by atoms with Crippen molar-refractivity contribution >= 4 is 18.0 Å². The summed E-state index contributed by atoms with van der Waals surface area (Å²) in [5.41, 5.74) is -0.337. The Kier molecular flexibility index (Phi) is 7.66. The number of ether oxygens (including phenoxy) is 3. The van der Waals surface area contributed by atoms with E-state index in [0.29, 0.717) is 17.1 Å². The SMILES string of the molecule is COc1cc(/C=C/C(=O)OCC(=O)N[C@](C)(C#N)C(C)C)cc(OC)c1. The molecular weight excluding hydrogens is 336 g/mol. The number of hydrogen-bond acceptors (Lipinski definition) is 6. The first-order chi connectivity index (χ1) is 12.2. The molecular formula is C19H24N2O5. The Bertz CT molecular complexity index is 699. The molecule has 0 unspecified atom stereocenters. The van der Waals surface area contributed by atoms with Crippen LogP contribution in [0.4, 0.5) is 0 Å². The fourth-order valence-corrected chi connectivity index (χ4v) is 1.90. The van der Waals surface area contributed by atoms with Gasteiger partial charge in [0.05, 0.1) is 20.3 Å². The topological polar surface area (TPSA) is 97.6 Å². The normalized spacial score (nSPS) is 13.0. The molecule has 0 aliphatic heterocycles. The van der Waals surface area contributed by atoms with Crippen LogP contribution in [0.5, 0.6) is 11.5 Å². The monoisotopic (exact) mass is 360 g/mol. The lowest BCUT2D eigenvalue weighted by Gasteiger charge is -2.27. The maximum absolute atomic E-state index is 11.9. The predicted octanol–water partition coefficient (Wildman–Crippen LogP) is 2.31. The summed E-state index contributed by atoms with van der Waals surface area (Å²) in [7, 11) is 3.06. The molecule has 0 fully saturated rings. The van der Waals surface area contributed by atoms with Gasteiger partial charge in [-0.1, -0.05) is 13.8 Å². The zero-order valence-corrected chi connectivity index (χ0v) is 15.7. The van der Waals surface area contributed by atoms with E-state index >= 15 is 0 Å². The number of rotatable bonds is 8. The summed E-state index contributed by atoms with van der Waals surface area (Å²) in [5.74, 6) is -0.129. The highest BCUT2D eigenvalue weighted by atomic mass is 16.5. The summed E-state index contributed by atoms with van der Waals surface area (Å²) in [5, 5.41) is 11.7. The minimum Gasteiger partial charge on any atom is -0.497 e. The molecule has 1 amide bonds. The van der Waals surface area contributed by atoms with Crippen LogP contribution >= 0.6 is 0 Å². The van der Waals surface area contributed by atoms with Gasteiger partial charge in [-0.2, -0.15) is 5.26 Å². The Labute approximate surface area is 153 Å². The molecule has 7 nitrogen and oxygen atoms in total. The Morgan fingerprint density at radius 3 is 2.27 bits per heavy atom. The van der Waals surface area contributed by atoms with Gasteiger partial charge >= 0.3 is 5.97 Å². The average molecular weight is 360 g/mol. The third-order valence-corrected chi connectivity index (χ3v) is 3.92. The van der Waals surface area contributed by atoms with Gasteiger partial charge in [-0.25, -0.2) is 4.79 Å². The van der Waals surface area contributed by atoms with Crippen molar-refractivity contribution in [1.29, 1.82) is 5.26 Å². The fourth-order valence-electron chi connectivity index (χ4n) is 1.90. The second-order valence-corrected chi connectivity index (χ2v) is 6.10. The summed E-state index contributed by atoms with van der Waals surface area (Å²) in [6.07, 6.45) is 2.73. The Hall–Kier alpha value is -3.01. The van der Waals surface area contributed by atoms with Crippen LogP contribution in [0.1, 0.15) is 26.3 Å². The van der Waals surface area contributed by atoms with Gasteiger partial charge in [-0.3, -0.25) is 4.79 Å². The third-order valence-electron chi connectivity index (χ3n) is 3.92. The minimum atomic E-state index is -1.02. The zero-order valence-electron chi connectivity index (χ0n) is 15.7. The third kappa shape index (κ3) is 6.13. The molecule has 0 saturated heterocycles. The van der Waals surface area contributed by atoms with Crippen molar-refractivity contribution in [3.8, 4) is 17.6 Å². The number of esters is 1. The summed E-state index contributed by atoms with van der Waals surface area (Å²) in [6.45, 7) is 4.80. The molecule has 0 aliphatic rings. The summed E-state index contributed by atoms with van der Waals surface area (Å²) >= 11 is 0. The maximum atomic E-state index is 11.9. The minimum absolute atomic E-state index is 0.0879. The summed E-state index contributed by atoms with van der Waals surface area (Å²) < 4.78 is 15.2. The number of hydrogen-bond donors (Lipinski definition) is 1. The lowest BCUT2D eigenvalue weighted by atomic mass is 9.90. The number of nitrogens with zero attached hydrogens (tertiary/aromatic N) is 1. The molecule has 1 N–H and O–H groups in total.